The summed E-state index contributed by atoms with van der Waals surface area (Å²) in [4.78, 5) is 34.7. The molecule has 0 radical (unpaired) electrons. The van der Waals surface area contributed by atoms with Gasteiger partial charge < -0.3 is 9.80 Å². The summed E-state index contributed by atoms with van der Waals surface area (Å²) in [5.41, 5.74) is 0.577. The van der Waals surface area contributed by atoms with Gasteiger partial charge in [-0.3, -0.25) is 14.5 Å². The number of carbonyl (C=O) groups is 2. The molecule has 2 aliphatic heterocycles. The van der Waals surface area contributed by atoms with Gasteiger partial charge in [-0.2, -0.15) is 0 Å². The van der Waals surface area contributed by atoms with Gasteiger partial charge >= 0.3 is 0 Å². The largest absolute Gasteiger partial charge is 0.334 e. The second kappa shape index (κ2) is 7.79. The Kier molecular flexibility index (Phi) is 5.35. The van der Waals surface area contributed by atoms with Crippen molar-refractivity contribution >= 4 is 28.8 Å². The fraction of sp³-hybridized carbons (Fsp3) is 0.450. The van der Waals surface area contributed by atoms with Gasteiger partial charge in [-0.15, -0.1) is 11.3 Å². The number of piperazine rings is 1. The van der Waals surface area contributed by atoms with Crippen molar-refractivity contribution in [3.63, 3.8) is 0 Å². The number of nitrogens with zero attached hydrogens (tertiary/aromatic N) is 4. The van der Waals surface area contributed by atoms with Crippen LogP contribution < -0.4 is 4.90 Å². The van der Waals surface area contributed by atoms with Crippen molar-refractivity contribution in [2.45, 2.75) is 25.3 Å². The lowest BCUT2D eigenvalue weighted by atomic mass is 10.1. The third-order valence-corrected chi connectivity index (χ3v) is 6.28. The summed E-state index contributed by atoms with van der Waals surface area (Å²) in [6.07, 6.45) is 2.02. The molecule has 1 unspecified atom stereocenters. The van der Waals surface area contributed by atoms with E-state index in [9.17, 15) is 18.4 Å². The molecule has 2 aliphatic rings. The topological polar surface area (TPSA) is 56.8 Å². The van der Waals surface area contributed by atoms with Gasteiger partial charge in [0, 0.05) is 74.9 Å². The summed E-state index contributed by atoms with van der Waals surface area (Å²) >= 11 is 1.34. The molecule has 2 fully saturated rings. The van der Waals surface area contributed by atoms with Crippen molar-refractivity contribution in [3.05, 3.63) is 46.4 Å². The number of amides is 2. The van der Waals surface area contributed by atoms with Crippen LogP contribution in [-0.2, 0) is 10.7 Å². The first-order valence-corrected chi connectivity index (χ1v) is 10.4. The fourth-order valence-electron chi connectivity index (χ4n) is 3.87. The highest BCUT2D eigenvalue weighted by Gasteiger charge is 2.36. The Morgan fingerprint density at radius 3 is 2.45 bits per heavy atom. The lowest BCUT2D eigenvalue weighted by Gasteiger charge is -2.37. The minimum Gasteiger partial charge on any atom is -0.334 e. The lowest BCUT2D eigenvalue weighted by molar-refractivity contribution is -0.117. The lowest BCUT2D eigenvalue weighted by Crippen LogP contribution is -2.52. The molecule has 2 aromatic rings. The molecule has 0 spiro atoms. The Labute approximate surface area is 171 Å². The maximum absolute atomic E-state index is 13.4. The molecular formula is C20H22F2N4O2S. The highest BCUT2D eigenvalue weighted by molar-refractivity contribution is 7.11. The molecule has 0 bridgehead atoms. The number of alkyl halides is 2. The summed E-state index contributed by atoms with van der Waals surface area (Å²) in [6.45, 7) is 3.99. The van der Waals surface area contributed by atoms with Crippen molar-refractivity contribution in [2.24, 2.45) is 0 Å². The van der Waals surface area contributed by atoms with Gasteiger partial charge in [0.05, 0.1) is 0 Å². The standard InChI is InChI=1S/C20H22F2N4O2S/c1-20(21,22)14-2-4-15(5-3-14)26-13-16(12-17(26)27)24-7-9-25(10-8-24)19(28)18-23-6-11-29-18/h2-6,11,16H,7-10,12-13H2,1H3. The molecule has 2 amide bonds. The van der Waals surface area contributed by atoms with E-state index in [4.69, 9.17) is 0 Å². The third kappa shape index (κ3) is 4.16. The Balaban J connectivity index is 1.36. The van der Waals surface area contributed by atoms with Gasteiger partial charge in [0.25, 0.3) is 11.8 Å². The Morgan fingerprint density at radius 1 is 1.17 bits per heavy atom. The molecule has 3 heterocycles. The average Bonchev–Trinajstić information content (AvgIpc) is 3.37. The van der Waals surface area contributed by atoms with E-state index in [1.54, 1.807) is 33.5 Å². The Bertz CT molecular complexity index is 875. The highest BCUT2D eigenvalue weighted by atomic mass is 32.1. The molecule has 0 aliphatic carbocycles. The molecule has 0 saturated carbocycles. The molecule has 2 saturated heterocycles. The summed E-state index contributed by atoms with van der Waals surface area (Å²) in [5.74, 6) is -2.95. The van der Waals surface area contributed by atoms with Gasteiger partial charge in [0.2, 0.25) is 5.91 Å². The van der Waals surface area contributed by atoms with Crippen LogP contribution in [0.15, 0.2) is 35.8 Å². The first-order valence-electron chi connectivity index (χ1n) is 9.54. The maximum atomic E-state index is 13.4. The van der Waals surface area contributed by atoms with E-state index in [2.05, 4.69) is 9.88 Å². The smallest absolute Gasteiger partial charge is 0.282 e. The molecule has 9 heteroatoms. The number of rotatable bonds is 4. The number of halogens is 2. The molecule has 1 atom stereocenters. The van der Waals surface area contributed by atoms with Gasteiger partial charge in [-0.25, -0.2) is 13.8 Å². The normalized spacial score (nSPS) is 21.1. The van der Waals surface area contributed by atoms with Gasteiger partial charge in [0.15, 0.2) is 5.01 Å². The van der Waals surface area contributed by atoms with Crippen LogP contribution in [0.25, 0.3) is 0 Å². The van der Waals surface area contributed by atoms with Crippen LogP contribution in [-0.4, -0.2) is 65.4 Å². The Hall–Kier alpha value is -2.39. The number of carbonyl (C=O) groups excluding carboxylic acids is 2. The monoisotopic (exact) mass is 420 g/mol. The van der Waals surface area contributed by atoms with E-state index in [-0.39, 0.29) is 23.4 Å². The average molecular weight is 420 g/mol. The number of anilines is 1. The quantitative estimate of drug-likeness (QED) is 0.763. The first kappa shape index (κ1) is 19.9. The molecular weight excluding hydrogens is 398 g/mol. The predicted molar refractivity (Wildman–Crippen MR) is 106 cm³/mol. The summed E-state index contributed by atoms with van der Waals surface area (Å²) in [7, 11) is 0. The highest BCUT2D eigenvalue weighted by Crippen LogP contribution is 2.30. The number of hydrogen-bond donors (Lipinski definition) is 0. The van der Waals surface area contributed by atoms with Crippen LogP contribution in [0.2, 0.25) is 0 Å². The number of hydrogen-bond acceptors (Lipinski definition) is 5. The second-order valence-electron chi connectivity index (χ2n) is 7.46. The molecule has 0 N–H and O–H groups in total. The van der Waals surface area contributed by atoms with Crippen molar-refractivity contribution in [2.75, 3.05) is 37.6 Å². The second-order valence-corrected chi connectivity index (χ2v) is 8.36. The fourth-order valence-corrected chi connectivity index (χ4v) is 4.47. The van der Waals surface area contributed by atoms with Gasteiger partial charge in [0.1, 0.15) is 0 Å². The van der Waals surface area contributed by atoms with Crippen LogP contribution in [0.4, 0.5) is 14.5 Å². The van der Waals surface area contributed by atoms with Crippen LogP contribution >= 0.6 is 11.3 Å². The van der Waals surface area contributed by atoms with E-state index in [0.29, 0.717) is 49.8 Å². The number of thiazole rings is 1. The minimum atomic E-state index is -2.90. The molecule has 1 aromatic heterocycles. The van der Waals surface area contributed by atoms with Crippen molar-refractivity contribution in [1.82, 2.24) is 14.8 Å². The minimum absolute atomic E-state index is 0.00713. The zero-order valence-electron chi connectivity index (χ0n) is 16.1. The van der Waals surface area contributed by atoms with Crippen LogP contribution in [0.5, 0.6) is 0 Å². The van der Waals surface area contributed by atoms with E-state index in [1.165, 1.54) is 23.5 Å². The summed E-state index contributed by atoms with van der Waals surface area (Å²) in [5, 5.41) is 2.29. The predicted octanol–water partition coefficient (Wildman–Crippen LogP) is 2.82. The molecule has 29 heavy (non-hydrogen) atoms. The maximum Gasteiger partial charge on any atom is 0.282 e. The summed E-state index contributed by atoms with van der Waals surface area (Å²) in [6, 6.07) is 5.97. The summed E-state index contributed by atoms with van der Waals surface area (Å²) < 4.78 is 26.8. The van der Waals surface area contributed by atoms with Crippen molar-refractivity contribution in [3.8, 4) is 0 Å². The van der Waals surface area contributed by atoms with E-state index >= 15 is 0 Å². The zero-order chi connectivity index (χ0) is 20.6. The van der Waals surface area contributed by atoms with Gasteiger partial charge in [-0.05, 0) is 12.1 Å². The first-order chi connectivity index (χ1) is 13.8. The van der Waals surface area contributed by atoms with E-state index < -0.39 is 5.92 Å². The van der Waals surface area contributed by atoms with Crippen LogP contribution in [0.1, 0.15) is 28.7 Å². The van der Waals surface area contributed by atoms with Crippen LogP contribution in [0.3, 0.4) is 0 Å². The molecule has 154 valence electrons. The third-order valence-electron chi connectivity index (χ3n) is 5.52. The van der Waals surface area contributed by atoms with Crippen LogP contribution in [0, 0.1) is 0 Å². The molecule has 4 rings (SSSR count). The molecule has 1 aromatic carbocycles. The number of aromatic nitrogens is 1. The van der Waals surface area contributed by atoms with Crippen molar-refractivity contribution in [1.29, 1.82) is 0 Å². The van der Waals surface area contributed by atoms with E-state index in [0.717, 1.165) is 6.92 Å². The Morgan fingerprint density at radius 2 is 1.86 bits per heavy atom. The van der Waals surface area contributed by atoms with Gasteiger partial charge in [-0.1, -0.05) is 12.1 Å². The molecule has 6 nitrogen and oxygen atoms in total. The SMILES string of the molecule is CC(F)(F)c1ccc(N2CC(N3CCN(C(=O)c4nccs4)CC3)CC2=O)cc1. The zero-order valence-corrected chi connectivity index (χ0v) is 16.9. The van der Waals surface area contributed by atoms with Crippen molar-refractivity contribution < 1.29 is 18.4 Å². The van der Waals surface area contributed by atoms with E-state index in [1.807, 2.05) is 0 Å². The number of benzene rings is 1.